The van der Waals surface area contributed by atoms with Gasteiger partial charge in [-0.15, -0.1) is 0 Å². The summed E-state index contributed by atoms with van der Waals surface area (Å²) in [5.74, 6) is -0.552. The van der Waals surface area contributed by atoms with Crippen molar-refractivity contribution in [1.82, 2.24) is 0 Å². The molecule has 100 valence electrons. The lowest BCUT2D eigenvalue weighted by atomic mass is 10.1. The Labute approximate surface area is 109 Å². The van der Waals surface area contributed by atoms with Crippen LogP contribution in [0.25, 0.3) is 0 Å². The molecule has 0 bridgehead atoms. The Hall–Kier alpha value is -1.35. The van der Waals surface area contributed by atoms with Crippen LogP contribution in [-0.4, -0.2) is 17.2 Å². The van der Waals surface area contributed by atoms with Crippen molar-refractivity contribution in [2.45, 2.75) is 51.7 Å². The third-order valence-corrected chi connectivity index (χ3v) is 2.96. The highest BCUT2D eigenvalue weighted by atomic mass is 16.6. The molecule has 1 unspecified atom stereocenters. The highest BCUT2D eigenvalue weighted by molar-refractivity contribution is 5.76. The lowest BCUT2D eigenvalue weighted by Gasteiger charge is -2.18. The Bertz CT molecular complexity index is 348. The molecule has 3 heteroatoms. The smallest absolute Gasteiger partial charge is 0.339 e. The molecule has 1 rings (SSSR count). The van der Waals surface area contributed by atoms with E-state index in [0.29, 0.717) is 5.56 Å². The van der Waals surface area contributed by atoms with E-state index in [1.807, 2.05) is 13.0 Å². The number of aliphatic hydroxyl groups excluding tert-OH is 1. The van der Waals surface area contributed by atoms with Crippen molar-refractivity contribution >= 4 is 5.97 Å². The normalized spacial score (nSPS) is 13.9. The topological polar surface area (TPSA) is 46.5 Å². The maximum Gasteiger partial charge on any atom is 0.339 e. The first kappa shape index (κ1) is 14.7. The molecule has 3 nitrogen and oxygen atoms in total. The summed E-state index contributed by atoms with van der Waals surface area (Å²) in [5, 5.41) is 9.88. The fraction of sp³-hybridized carbons (Fsp3) is 0.533. The molecule has 18 heavy (non-hydrogen) atoms. The van der Waals surface area contributed by atoms with E-state index in [-0.39, 0.29) is 6.10 Å². The first-order chi connectivity index (χ1) is 8.69. The Morgan fingerprint density at radius 3 is 2.50 bits per heavy atom. The van der Waals surface area contributed by atoms with Gasteiger partial charge < -0.3 is 9.84 Å². The summed E-state index contributed by atoms with van der Waals surface area (Å²) < 4.78 is 5.33. The van der Waals surface area contributed by atoms with Crippen LogP contribution in [0.1, 0.15) is 51.2 Å². The van der Waals surface area contributed by atoms with Gasteiger partial charge in [-0.1, -0.05) is 57.0 Å². The molecular weight excluding hydrogens is 228 g/mol. The van der Waals surface area contributed by atoms with E-state index in [0.717, 1.165) is 25.7 Å². The summed E-state index contributed by atoms with van der Waals surface area (Å²) >= 11 is 0. The first-order valence-electron chi connectivity index (χ1n) is 6.62. The fourth-order valence-electron chi connectivity index (χ4n) is 1.78. The maximum atomic E-state index is 11.8. The zero-order valence-electron chi connectivity index (χ0n) is 11.1. The number of hydrogen-bond donors (Lipinski definition) is 1. The molecule has 0 aliphatic heterocycles. The predicted octanol–water partition coefficient (Wildman–Crippen LogP) is 3.23. The van der Waals surface area contributed by atoms with Gasteiger partial charge in [0.1, 0.15) is 6.10 Å². The van der Waals surface area contributed by atoms with Gasteiger partial charge >= 0.3 is 5.97 Å². The standard InChI is InChI=1S/C15H22O3/c1-3-5-11-13(4-2)18-15(17)14(16)12-9-7-6-8-10-12/h6-10,13-14,16H,3-5,11H2,1-2H3/t13?,14-/m1/s1. The second kappa shape index (κ2) is 7.88. The fourth-order valence-corrected chi connectivity index (χ4v) is 1.78. The lowest BCUT2D eigenvalue weighted by Crippen LogP contribution is -2.22. The second-order valence-corrected chi connectivity index (χ2v) is 4.42. The summed E-state index contributed by atoms with van der Waals surface area (Å²) in [5.41, 5.74) is 0.577. The third kappa shape index (κ3) is 4.49. The minimum Gasteiger partial charge on any atom is -0.460 e. The zero-order chi connectivity index (χ0) is 13.4. The van der Waals surface area contributed by atoms with E-state index in [1.54, 1.807) is 24.3 Å². The molecule has 0 fully saturated rings. The van der Waals surface area contributed by atoms with Gasteiger partial charge in [-0.3, -0.25) is 0 Å². The van der Waals surface area contributed by atoms with Gasteiger partial charge in [0.25, 0.3) is 0 Å². The average molecular weight is 250 g/mol. The molecule has 0 saturated heterocycles. The number of unbranched alkanes of at least 4 members (excludes halogenated alkanes) is 1. The number of rotatable bonds is 7. The maximum absolute atomic E-state index is 11.8. The van der Waals surface area contributed by atoms with Crippen molar-refractivity contribution in [2.24, 2.45) is 0 Å². The molecule has 0 aromatic heterocycles. The van der Waals surface area contributed by atoms with Gasteiger partial charge in [-0.05, 0) is 18.4 Å². The van der Waals surface area contributed by atoms with Gasteiger partial charge in [0.05, 0.1) is 0 Å². The number of ether oxygens (including phenoxy) is 1. The first-order valence-corrected chi connectivity index (χ1v) is 6.62. The van der Waals surface area contributed by atoms with Crippen molar-refractivity contribution in [2.75, 3.05) is 0 Å². The highest BCUT2D eigenvalue weighted by Crippen LogP contribution is 2.17. The predicted molar refractivity (Wildman–Crippen MR) is 71.1 cm³/mol. The third-order valence-electron chi connectivity index (χ3n) is 2.96. The minimum atomic E-state index is -1.18. The van der Waals surface area contributed by atoms with Crippen molar-refractivity contribution < 1.29 is 14.6 Å². The molecule has 0 spiro atoms. The number of aliphatic hydroxyl groups is 1. The van der Waals surface area contributed by atoms with E-state index in [2.05, 4.69) is 6.92 Å². The molecule has 0 aliphatic carbocycles. The number of benzene rings is 1. The Balaban J connectivity index is 2.53. The molecule has 1 aromatic rings. The Morgan fingerprint density at radius 1 is 1.28 bits per heavy atom. The SMILES string of the molecule is CCCCC(CC)OC(=O)[C@H](O)c1ccccc1. The van der Waals surface area contributed by atoms with Crippen LogP contribution in [0.15, 0.2) is 30.3 Å². The minimum absolute atomic E-state index is 0.0872. The Morgan fingerprint density at radius 2 is 1.94 bits per heavy atom. The van der Waals surface area contributed by atoms with Gasteiger partial charge in [-0.2, -0.15) is 0 Å². The second-order valence-electron chi connectivity index (χ2n) is 4.42. The van der Waals surface area contributed by atoms with E-state index < -0.39 is 12.1 Å². The molecule has 0 saturated carbocycles. The highest BCUT2D eigenvalue weighted by Gasteiger charge is 2.21. The number of carbonyl (C=O) groups is 1. The van der Waals surface area contributed by atoms with Gasteiger partial charge in [0.15, 0.2) is 6.10 Å². The summed E-state index contributed by atoms with van der Waals surface area (Å²) in [6.07, 6.45) is 2.49. The van der Waals surface area contributed by atoms with Crippen LogP contribution in [0.2, 0.25) is 0 Å². The molecule has 0 aliphatic rings. The molecule has 0 heterocycles. The van der Waals surface area contributed by atoms with Crippen LogP contribution in [0.5, 0.6) is 0 Å². The zero-order valence-corrected chi connectivity index (χ0v) is 11.1. The largest absolute Gasteiger partial charge is 0.460 e. The van der Waals surface area contributed by atoms with E-state index in [4.69, 9.17) is 4.74 Å². The molecular formula is C15H22O3. The van der Waals surface area contributed by atoms with Crippen LogP contribution >= 0.6 is 0 Å². The Kier molecular flexibility index (Phi) is 6.44. The average Bonchev–Trinajstić information content (AvgIpc) is 2.43. The number of esters is 1. The van der Waals surface area contributed by atoms with Crippen LogP contribution in [0.3, 0.4) is 0 Å². The van der Waals surface area contributed by atoms with Crippen LogP contribution in [0, 0.1) is 0 Å². The van der Waals surface area contributed by atoms with Crippen LogP contribution in [-0.2, 0) is 9.53 Å². The van der Waals surface area contributed by atoms with E-state index >= 15 is 0 Å². The van der Waals surface area contributed by atoms with E-state index in [1.165, 1.54) is 0 Å². The summed E-state index contributed by atoms with van der Waals surface area (Å²) in [4.78, 5) is 11.8. The quantitative estimate of drug-likeness (QED) is 0.756. The molecule has 1 N–H and O–H groups in total. The van der Waals surface area contributed by atoms with Crippen molar-refractivity contribution in [3.63, 3.8) is 0 Å². The molecule has 0 radical (unpaired) electrons. The summed E-state index contributed by atoms with van der Waals surface area (Å²) in [7, 11) is 0. The number of hydrogen-bond acceptors (Lipinski definition) is 3. The molecule has 1 aromatic carbocycles. The summed E-state index contributed by atoms with van der Waals surface area (Å²) in [6, 6.07) is 8.87. The lowest BCUT2D eigenvalue weighted by molar-refractivity contribution is -0.160. The number of carbonyl (C=O) groups excluding carboxylic acids is 1. The van der Waals surface area contributed by atoms with E-state index in [9.17, 15) is 9.90 Å². The van der Waals surface area contributed by atoms with Crippen LogP contribution in [0.4, 0.5) is 0 Å². The monoisotopic (exact) mass is 250 g/mol. The van der Waals surface area contributed by atoms with Crippen LogP contribution < -0.4 is 0 Å². The molecule has 2 atom stereocenters. The molecule has 0 amide bonds. The van der Waals surface area contributed by atoms with Gasteiger partial charge in [0.2, 0.25) is 0 Å². The van der Waals surface area contributed by atoms with Crippen molar-refractivity contribution in [3.05, 3.63) is 35.9 Å². The van der Waals surface area contributed by atoms with Gasteiger partial charge in [-0.25, -0.2) is 4.79 Å². The van der Waals surface area contributed by atoms with Gasteiger partial charge in [0, 0.05) is 0 Å². The van der Waals surface area contributed by atoms with Crippen molar-refractivity contribution in [3.8, 4) is 0 Å². The summed E-state index contributed by atoms with van der Waals surface area (Å²) in [6.45, 7) is 4.09. The van der Waals surface area contributed by atoms with Crippen molar-refractivity contribution in [1.29, 1.82) is 0 Å².